The first-order valence-corrected chi connectivity index (χ1v) is 10.8. The molecule has 5 rings (SSSR count). The highest BCUT2D eigenvalue weighted by Crippen LogP contribution is 2.34. The van der Waals surface area contributed by atoms with Gasteiger partial charge in [-0.15, -0.1) is 0 Å². The molecule has 0 aliphatic heterocycles. The molecular formula is C26H24N4S. The second-order valence-electron chi connectivity index (χ2n) is 7.83. The van der Waals surface area contributed by atoms with Crippen LogP contribution in [0.25, 0.3) is 21.8 Å². The molecule has 4 nitrogen and oxygen atoms in total. The second-order valence-corrected chi connectivity index (χ2v) is 8.24. The minimum atomic E-state index is 0.130. The highest BCUT2D eigenvalue weighted by molar-refractivity contribution is 7.80. The molecule has 0 atom stereocenters. The van der Waals surface area contributed by atoms with Crippen molar-refractivity contribution in [3.05, 3.63) is 102 Å². The van der Waals surface area contributed by atoms with Crippen molar-refractivity contribution < 1.29 is 0 Å². The topological polar surface area (TPSA) is 55.6 Å². The summed E-state index contributed by atoms with van der Waals surface area (Å²) in [5.41, 5.74) is 7.00. The zero-order valence-corrected chi connectivity index (χ0v) is 18.1. The van der Waals surface area contributed by atoms with Crippen molar-refractivity contribution in [3.63, 3.8) is 0 Å². The van der Waals surface area contributed by atoms with Crippen molar-refractivity contribution in [3.8, 4) is 0 Å². The Balaban J connectivity index is 1.46. The van der Waals surface area contributed by atoms with Gasteiger partial charge in [-0.25, -0.2) is 0 Å². The minimum Gasteiger partial charge on any atom is -0.361 e. The molecule has 0 aliphatic rings. The number of rotatable bonds is 5. The zero-order chi connectivity index (χ0) is 21.2. The number of aromatic nitrogens is 2. The van der Waals surface area contributed by atoms with E-state index in [1.165, 1.54) is 27.5 Å². The maximum absolute atomic E-state index is 5.60. The van der Waals surface area contributed by atoms with Crippen LogP contribution in [0.15, 0.2) is 85.2 Å². The molecule has 0 radical (unpaired) electrons. The normalized spacial score (nSPS) is 11.3. The van der Waals surface area contributed by atoms with Gasteiger partial charge >= 0.3 is 0 Å². The first kappa shape index (κ1) is 19.4. The first-order chi connectivity index (χ1) is 15.2. The first-order valence-electron chi connectivity index (χ1n) is 10.4. The molecule has 2 heterocycles. The molecule has 5 heteroatoms. The molecule has 0 spiro atoms. The molecule has 5 aromatic rings. The lowest BCUT2D eigenvalue weighted by Gasteiger charge is -2.19. The highest BCUT2D eigenvalue weighted by atomic mass is 32.1. The number of hydrogen-bond acceptors (Lipinski definition) is 1. The van der Waals surface area contributed by atoms with Crippen LogP contribution in [-0.2, 0) is 0 Å². The molecule has 0 amide bonds. The van der Waals surface area contributed by atoms with Gasteiger partial charge in [0, 0.05) is 52.3 Å². The molecular weight excluding hydrogens is 400 g/mol. The van der Waals surface area contributed by atoms with Crippen molar-refractivity contribution in [2.45, 2.75) is 12.8 Å². The van der Waals surface area contributed by atoms with E-state index in [0.29, 0.717) is 11.7 Å². The average molecular weight is 425 g/mol. The standard InChI is InChI=1S/C26H24N4S/c1-17-10-12-18(13-11-17)30-26(31)29-16-23(21-14-27-24-8-4-2-6-19(21)24)22-15-28-25-9-5-3-7-20(22)25/h2-15,23,27-28H,16H2,1H3,(H2,29,30,31). The molecule has 31 heavy (non-hydrogen) atoms. The fourth-order valence-corrected chi connectivity index (χ4v) is 4.36. The van der Waals surface area contributed by atoms with E-state index in [9.17, 15) is 0 Å². The van der Waals surface area contributed by atoms with E-state index in [1.807, 2.05) is 12.1 Å². The van der Waals surface area contributed by atoms with Gasteiger partial charge in [-0.2, -0.15) is 0 Å². The Bertz CT molecular complexity index is 1270. The second kappa shape index (κ2) is 8.28. The van der Waals surface area contributed by atoms with Crippen LogP contribution in [0.1, 0.15) is 22.6 Å². The van der Waals surface area contributed by atoms with Gasteiger partial charge in [-0.1, -0.05) is 54.1 Å². The Hall–Kier alpha value is -3.57. The van der Waals surface area contributed by atoms with E-state index in [-0.39, 0.29) is 5.92 Å². The van der Waals surface area contributed by atoms with Crippen LogP contribution in [0.3, 0.4) is 0 Å². The summed E-state index contributed by atoms with van der Waals surface area (Å²) < 4.78 is 0. The summed E-state index contributed by atoms with van der Waals surface area (Å²) in [5.74, 6) is 0.130. The summed E-state index contributed by atoms with van der Waals surface area (Å²) >= 11 is 5.60. The van der Waals surface area contributed by atoms with Gasteiger partial charge in [0.25, 0.3) is 0 Å². The monoisotopic (exact) mass is 424 g/mol. The third kappa shape index (κ3) is 3.92. The Morgan fingerprint density at radius 1 is 0.806 bits per heavy atom. The number of benzene rings is 3. The molecule has 0 saturated heterocycles. The third-order valence-corrected chi connectivity index (χ3v) is 6.02. The van der Waals surface area contributed by atoms with Gasteiger partial charge in [0.15, 0.2) is 5.11 Å². The lowest BCUT2D eigenvalue weighted by atomic mass is 9.90. The smallest absolute Gasteiger partial charge is 0.170 e. The van der Waals surface area contributed by atoms with Crippen LogP contribution in [-0.4, -0.2) is 21.6 Å². The number of hydrogen-bond donors (Lipinski definition) is 4. The van der Waals surface area contributed by atoms with E-state index in [0.717, 1.165) is 16.7 Å². The number of aryl methyl sites for hydroxylation is 1. The largest absolute Gasteiger partial charge is 0.361 e. The molecule has 3 aromatic carbocycles. The van der Waals surface area contributed by atoms with Crippen molar-refractivity contribution in [2.75, 3.05) is 11.9 Å². The Morgan fingerprint density at radius 2 is 1.35 bits per heavy atom. The number of thiocarbonyl (C=S) groups is 1. The molecule has 0 aliphatic carbocycles. The van der Waals surface area contributed by atoms with Crippen LogP contribution in [0, 0.1) is 6.92 Å². The summed E-state index contributed by atoms with van der Waals surface area (Å²) in [6.07, 6.45) is 4.24. The van der Waals surface area contributed by atoms with E-state index in [1.54, 1.807) is 0 Å². The quantitative estimate of drug-likeness (QED) is 0.259. The van der Waals surface area contributed by atoms with Crippen LogP contribution in [0.4, 0.5) is 5.69 Å². The van der Waals surface area contributed by atoms with Gasteiger partial charge < -0.3 is 20.6 Å². The molecule has 0 saturated carbocycles. The van der Waals surface area contributed by atoms with Gasteiger partial charge in [-0.05, 0) is 54.5 Å². The Labute approximate surface area is 186 Å². The molecule has 0 fully saturated rings. The Kier molecular flexibility index (Phi) is 5.18. The zero-order valence-electron chi connectivity index (χ0n) is 17.3. The fourth-order valence-electron chi connectivity index (χ4n) is 4.16. The van der Waals surface area contributed by atoms with Crippen LogP contribution < -0.4 is 10.6 Å². The number of aromatic amines is 2. The maximum atomic E-state index is 5.60. The lowest BCUT2D eigenvalue weighted by Crippen LogP contribution is -2.32. The Morgan fingerprint density at radius 3 is 1.94 bits per heavy atom. The van der Waals surface area contributed by atoms with Gasteiger partial charge in [0.05, 0.1) is 0 Å². The van der Waals surface area contributed by atoms with Crippen LogP contribution >= 0.6 is 12.2 Å². The summed E-state index contributed by atoms with van der Waals surface area (Å²) in [5, 5.41) is 9.82. The average Bonchev–Trinajstić information content (AvgIpc) is 3.41. The van der Waals surface area contributed by atoms with Gasteiger partial charge in [-0.3, -0.25) is 0 Å². The van der Waals surface area contributed by atoms with Crippen LogP contribution in [0.5, 0.6) is 0 Å². The number of anilines is 1. The summed E-state index contributed by atoms with van der Waals surface area (Å²) in [4.78, 5) is 6.85. The highest BCUT2D eigenvalue weighted by Gasteiger charge is 2.21. The van der Waals surface area contributed by atoms with E-state index in [4.69, 9.17) is 12.2 Å². The van der Waals surface area contributed by atoms with Crippen LogP contribution in [0.2, 0.25) is 0 Å². The van der Waals surface area contributed by atoms with Gasteiger partial charge in [0.2, 0.25) is 0 Å². The number of nitrogens with one attached hydrogen (secondary N) is 4. The third-order valence-electron chi connectivity index (χ3n) is 5.77. The lowest BCUT2D eigenvalue weighted by molar-refractivity contribution is 0.771. The number of H-pyrrole nitrogens is 2. The molecule has 154 valence electrons. The molecule has 0 bridgehead atoms. The van der Waals surface area contributed by atoms with E-state index < -0.39 is 0 Å². The molecule has 2 aromatic heterocycles. The van der Waals surface area contributed by atoms with Crippen molar-refractivity contribution in [1.29, 1.82) is 0 Å². The predicted molar refractivity (Wildman–Crippen MR) is 134 cm³/mol. The predicted octanol–water partition coefficient (Wildman–Crippen LogP) is 6.08. The maximum Gasteiger partial charge on any atom is 0.170 e. The fraction of sp³-hybridized carbons (Fsp3) is 0.115. The summed E-state index contributed by atoms with van der Waals surface area (Å²) in [6, 6.07) is 25.1. The van der Waals surface area contributed by atoms with E-state index in [2.05, 4.69) is 101 Å². The number of para-hydroxylation sites is 2. The van der Waals surface area contributed by atoms with Crippen molar-refractivity contribution in [1.82, 2.24) is 15.3 Å². The SMILES string of the molecule is Cc1ccc(NC(=S)NCC(c2c[nH]c3ccccc23)c2c[nH]c3ccccc23)cc1. The number of fused-ring (bicyclic) bond motifs is 2. The van der Waals surface area contributed by atoms with Crippen molar-refractivity contribution >= 4 is 44.8 Å². The minimum absolute atomic E-state index is 0.130. The van der Waals surface area contributed by atoms with E-state index >= 15 is 0 Å². The molecule has 4 N–H and O–H groups in total. The molecule has 0 unspecified atom stereocenters. The summed E-state index contributed by atoms with van der Waals surface area (Å²) in [6.45, 7) is 2.76. The summed E-state index contributed by atoms with van der Waals surface area (Å²) in [7, 11) is 0. The van der Waals surface area contributed by atoms with Crippen molar-refractivity contribution in [2.24, 2.45) is 0 Å². The van der Waals surface area contributed by atoms with Gasteiger partial charge in [0.1, 0.15) is 0 Å².